The Morgan fingerprint density at radius 3 is 2.56 bits per heavy atom. The summed E-state index contributed by atoms with van der Waals surface area (Å²) in [5, 5.41) is 2.92. The van der Waals surface area contributed by atoms with Gasteiger partial charge in [0.25, 0.3) is 0 Å². The first kappa shape index (κ1) is 13.3. The number of rotatable bonds is 1. The zero-order chi connectivity index (χ0) is 12.4. The molecule has 2 unspecified atom stereocenters. The highest BCUT2D eigenvalue weighted by molar-refractivity contribution is 5.68. The lowest BCUT2D eigenvalue weighted by Crippen LogP contribution is -2.60. The van der Waals surface area contributed by atoms with Crippen molar-refractivity contribution in [3.63, 3.8) is 0 Å². The number of hydrogen-bond donors (Lipinski definition) is 2. The summed E-state index contributed by atoms with van der Waals surface area (Å²) in [6.07, 6.45) is 3.78. The lowest BCUT2D eigenvalue weighted by molar-refractivity contribution is 0.0421. The maximum atomic E-state index is 11.7. The van der Waals surface area contributed by atoms with Crippen molar-refractivity contribution in [1.82, 2.24) is 5.32 Å². The maximum Gasteiger partial charge on any atom is 0.408 e. The van der Waals surface area contributed by atoms with Gasteiger partial charge in [-0.1, -0.05) is 12.8 Å². The van der Waals surface area contributed by atoms with Crippen molar-refractivity contribution >= 4 is 6.09 Å². The number of carbonyl (C=O) groups is 1. The topological polar surface area (TPSA) is 64.3 Å². The molecular formula is C12H24N2O2. The summed E-state index contributed by atoms with van der Waals surface area (Å²) in [7, 11) is 0. The van der Waals surface area contributed by atoms with Gasteiger partial charge in [-0.05, 0) is 40.5 Å². The Morgan fingerprint density at radius 2 is 2.06 bits per heavy atom. The van der Waals surface area contributed by atoms with E-state index in [0.717, 1.165) is 25.7 Å². The predicted octanol–water partition coefficient (Wildman–Crippen LogP) is 2.17. The second kappa shape index (κ2) is 4.62. The van der Waals surface area contributed by atoms with Gasteiger partial charge in [-0.25, -0.2) is 4.79 Å². The summed E-state index contributed by atoms with van der Waals surface area (Å²) in [5.41, 5.74) is 5.28. The van der Waals surface area contributed by atoms with Crippen LogP contribution in [-0.4, -0.2) is 23.3 Å². The zero-order valence-electron chi connectivity index (χ0n) is 10.8. The van der Waals surface area contributed by atoms with Crippen molar-refractivity contribution in [2.45, 2.75) is 70.6 Å². The second-order valence-electron chi connectivity index (χ2n) is 5.90. The Hall–Kier alpha value is -0.770. The summed E-state index contributed by atoms with van der Waals surface area (Å²) in [6, 6.07) is 0.0220. The first-order chi connectivity index (χ1) is 7.23. The van der Waals surface area contributed by atoms with Crippen LogP contribution in [0, 0.1) is 0 Å². The third-order valence-electron chi connectivity index (χ3n) is 3.07. The number of amides is 1. The van der Waals surface area contributed by atoms with Crippen molar-refractivity contribution in [2.24, 2.45) is 5.73 Å². The molecule has 0 aromatic rings. The molecule has 0 aliphatic heterocycles. The summed E-state index contributed by atoms with van der Waals surface area (Å²) in [5.74, 6) is 0. The van der Waals surface area contributed by atoms with E-state index in [1.807, 2.05) is 27.7 Å². The predicted molar refractivity (Wildman–Crippen MR) is 64.2 cm³/mol. The highest BCUT2D eigenvalue weighted by Gasteiger charge is 2.36. The van der Waals surface area contributed by atoms with Crippen LogP contribution in [0.4, 0.5) is 4.79 Å². The van der Waals surface area contributed by atoms with Gasteiger partial charge in [-0.3, -0.25) is 0 Å². The van der Waals surface area contributed by atoms with Crippen molar-refractivity contribution in [3.8, 4) is 0 Å². The molecule has 1 aliphatic rings. The van der Waals surface area contributed by atoms with E-state index < -0.39 is 5.60 Å². The first-order valence-corrected chi connectivity index (χ1v) is 6.00. The van der Waals surface area contributed by atoms with Gasteiger partial charge in [0.15, 0.2) is 0 Å². The van der Waals surface area contributed by atoms with Crippen LogP contribution in [0.2, 0.25) is 0 Å². The molecule has 0 aromatic carbocycles. The van der Waals surface area contributed by atoms with Crippen LogP contribution in [0.15, 0.2) is 0 Å². The number of carbonyl (C=O) groups excluding carboxylic acids is 1. The van der Waals surface area contributed by atoms with E-state index in [2.05, 4.69) is 5.32 Å². The molecule has 4 nitrogen and oxygen atoms in total. The standard InChI is InChI=1S/C12H24N2O2/c1-11(2,3)16-10(15)14-12(4)8-6-5-7-9(12)13/h9H,5-8,13H2,1-4H3,(H,14,15). The van der Waals surface area contributed by atoms with Gasteiger partial charge in [-0.2, -0.15) is 0 Å². The summed E-state index contributed by atoms with van der Waals surface area (Å²) in [6.45, 7) is 7.57. The van der Waals surface area contributed by atoms with Gasteiger partial charge >= 0.3 is 6.09 Å². The monoisotopic (exact) mass is 228 g/mol. The van der Waals surface area contributed by atoms with E-state index in [0.29, 0.717) is 0 Å². The molecule has 0 saturated heterocycles. The van der Waals surface area contributed by atoms with Crippen LogP contribution in [-0.2, 0) is 4.74 Å². The third kappa shape index (κ3) is 3.67. The van der Waals surface area contributed by atoms with E-state index in [1.54, 1.807) is 0 Å². The Bertz CT molecular complexity index is 260. The molecule has 2 atom stereocenters. The van der Waals surface area contributed by atoms with Gasteiger partial charge in [0, 0.05) is 6.04 Å². The largest absolute Gasteiger partial charge is 0.444 e. The number of hydrogen-bond acceptors (Lipinski definition) is 3. The molecule has 0 spiro atoms. The smallest absolute Gasteiger partial charge is 0.408 e. The van der Waals surface area contributed by atoms with Gasteiger partial charge in [0.1, 0.15) is 5.60 Å². The Labute approximate surface area is 97.9 Å². The molecule has 3 N–H and O–H groups in total. The average molecular weight is 228 g/mol. The molecule has 94 valence electrons. The van der Waals surface area contributed by atoms with Gasteiger partial charge in [0.05, 0.1) is 5.54 Å². The van der Waals surface area contributed by atoms with Crippen LogP contribution < -0.4 is 11.1 Å². The fourth-order valence-corrected chi connectivity index (χ4v) is 2.05. The van der Waals surface area contributed by atoms with Crippen molar-refractivity contribution in [3.05, 3.63) is 0 Å². The lowest BCUT2D eigenvalue weighted by atomic mass is 9.79. The minimum absolute atomic E-state index is 0.0220. The van der Waals surface area contributed by atoms with Crippen LogP contribution in [0.1, 0.15) is 53.4 Å². The fraction of sp³-hybridized carbons (Fsp3) is 0.917. The zero-order valence-corrected chi connectivity index (χ0v) is 10.8. The average Bonchev–Trinajstić information content (AvgIpc) is 2.06. The number of ether oxygens (including phenoxy) is 1. The van der Waals surface area contributed by atoms with Gasteiger partial charge < -0.3 is 15.8 Å². The highest BCUT2D eigenvalue weighted by atomic mass is 16.6. The van der Waals surface area contributed by atoms with Crippen LogP contribution in [0.25, 0.3) is 0 Å². The molecule has 0 bridgehead atoms. The van der Waals surface area contributed by atoms with E-state index in [9.17, 15) is 4.79 Å². The van der Waals surface area contributed by atoms with Crippen molar-refractivity contribution < 1.29 is 9.53 Å². The molecule has 0 radical (unpaired) electrons. The normalized spacial score (nSPS) is 30.9. The van der Waals surface area contributed by atoms with Crippen LogP contribution >= 0.6 is 0 Å². The van der Waals surface area contributed by atoms with E-state index in [1.165, 1.54) is 0 Å². The molecule has 1 fully saturated rings. The molecule has 0 heterocycles. The Morgan fingerprint density at radius 1 is 1.44 bits per heavy atom. The molecular weight excluding hydrogens is 204 g/mol. The molecule has 16 heavy (non-hydrogen) atoms. The van der Waals surface area contributed by atoms with E-state index >= 15 is 0 Å². The Kier molecular flexibility index (Phi) is 3.84. The minimum Gasteiger partial charge on any atom is -0.444 e. The quantitative estimate of drug-likeness (QED) is 0.723. The number of nitrogens with one attached hydrogen (secondary N) is 1. The summed E-state index contributed by atoms with van der Waals surface area (Å²) in [4.78, 5) is 11.7. The Balaban J connectivity index is 2.54. The minimum atomic E-state index is -0.459. The highest BCUT2D eigenvalue weighted by Crippen LogP contribution is 2.27. The van der Waals surface area contributed by atoms with Crippen LogP contribution in [0.3, 0.4) is 0 Å². The summed E-state index contributed by atoms with van der Waals surface area (Å²) >= 11 is 0. The molecule has 1 saturated carbocycles. The van der Waals surface area contributed by atoms with E-state index in [4.69, 9.17) is 10.5 Å². The lowest BCUT2D eigenvalue weighted by Gasteiger charge is -2.40. The van der Waals surface area contributed by atoms with Crippen LogP contribution in [0.5, 0.6) is 0 Å². The van der Waals surface area contributed by atoms with Gasteiger partial charge in [-0.15, -0.1) is 0 Å². The first-order valence-electron chi connectivity index (χ1n) is 6.00. The van der Waals surface area contributed by atoms with Gasteiger partial charge in [0.2, 0.25) is 0 Å². The van der Waals surface area contributed by atoms with E-state index in [-0.39, 0.29) is 17.7 Å². The molecule has 1 aliphatic carbocycles. The molecule has 4 heteroatoms. The fourth-order valence-electron chi connectivity index (χ4n) is 2.05. The second-order valence-corrected chi connectivity index (χ2v) is 5.90. The maximum absolute atomic E-state index is 11.7. The van der Waals surface area contributed by atoms with Crippen molar-refractivity contribution in [2.75, 3.05) is 0 Å². The molecule has 0 aromatic heterocycles. The third-order valence-corrected chi connectivity index (χ3v) is 3.07. The molecule has 1 amide bonds. The number of alkyl carbamates (subject to hydrolysis) is 1. The number of nitrogens with two attached hydrogens (primary N) is 1. The summed E-state index contributed by atoms with van der Waals surface area (Å²) < 4.78 is 5.25. The molecule has 1 rings (SSSR count). The SMILES string of the molecule is CC(C)(C)OC(=O)NC1(C)CCCCC1N. The van der Waals surface area contributed by atoms with Crippen molar-refractivity contribution in [1.29, 1.82) is 0 Å².